The zero-order valence-electron chi connectivity index (χ0n) is 17.3. The Bertz CT molecular complexity index is 1330. The number of anilines is 1. The molecule has 1 aromatic heterocycles. The summed E-state index contributed by atoms with van der Waals surface area (Å²) in [6.07, 6.45) is -0.0833. The molecular formula is C24H20BrN3O3S2. The molecule has 4 rings (SSSR count). The molecule has 6 nitrogen and oxygen atoms in total. The van der Waals surface area contributed by atoms with Crippen LogP contribution >= 0.6 is 27.3 Å². The summed E-state index contributed by atoms with van der Waals surface area (Å²) in [6.45, 7) is 0. The lowest BCUT2D eigenvalue weighted by Gasteiger charge is -2.19. The standard InChI is InChI=1S/C24H20BrN3O3S2/c25-19-11-13-20(14-12-19)33(30,31)28-21(17-7-3-1-4-8-17)15-23(29)27-24-26-22(16-32-24)18-9-5-2-6-10-18/h1-14,16,21,28H,15H2,(H,26,27,29). The van der Waals surface area contributed by atoms with Crippen LogP contribution in [-0.2, 0) is 14.8 Å². The van der Waals surface area contributed by atoms with Crippen molar-refractivity contribution in [3.63, 3.8) is 0 Å². The number of carbonyl (C=O) groups is 1. The Morgan fingerprint density at radius 3 is 2.24 bits per heavy atom. The van der Waals surface area contributed by atoms with E-state index in [1.54, 1.807) is 36.4 Å². The van der Waals surface area contributed by atoms with Gasteiger partial charge in [-0.25, -0.2) is 18.1 Å². The zero-order valence-corrected chi connectivity index (χ0v) is 20.5. The van der Waals surface area contributed by atoms with Crippen LogP contribution in [0.4, 0.5) is 5.13 Å². The Labute approximate surface area is 204 Å². The molecule has 0 radical (unpaired) electrons. The molecule has 0 fully saturated rings. The summed E-state index contributed by atoms with van der Waals surface area (Å²) < 4.78 is 29.4. The maximum atomic E-state index is 13.0. The number of aromatic nitrogens is 1. The Morgan fingerprint density at radius 1 is 0.939 bits per heavy atom. The van der Waals surface area contributed by atoms with Gasteiger partial charge < -0.3 is 5.32 Å². The maximum absolute atomic E-state index is 13.0. The van der Waals surface area contributed by atoms with Crippen LogP contribution in [0, 0.1) is 0 Å². The van der Waals surface area contributed by atoms with Gasteiger partial charge in [0.05, 0.1) is 16.6 Å². The molecule has 0 aliphatic carbocycles. The van der Waals surface area contributed by atoms with Gasteiger partial charge in [0.1, 0.15) is 0 Å². The molecule has 1 unspecified atom stereocenters. The van der Waals surface area contributed by atoms with Gasteiger partial charge in [0.25, 0.3) is 0 Å². The first-order valence-corrected chi connectivity index (χ1v) is 13.2. The van der Waals surface area contributed by atoms with E-state index in [0.717, 1.165) is 15.7 Å². The number of nitrogens with one attached hydrogen (secondary N) is 2. The Hall–Kier alpha value is -2.85. The molecule has 1 heterocycles. The van der Waals surface area contributed by atoms with E-state index in [2.05, 4.69) is 31.0 Å². The molecule has 0 aliphatic rings. The molecule has 0 bridgehead atoms. The van der Waals surface area contributed by atoms with Crippen molar-refractivity contribution in [1.82, 2.24) is 9.71 Å². The van der Waals surface area contributed by atoms with Gasteiger partial charge >= 0.3 is 0 Å². The van der Waals surface area contributed by atoms with Crippen LogP contribution in [0.25, 0.3) is 11.3 Å². The summed E-state index contributed by atoms with van der Waals surface area (Å²) in [5.74, 6) is -0.337. The number of nitrogens with zero attached hydrogens (tertiary/aromatic N) is 1. The van der Waals surface area contributed by atoms with E-state index in [1.807, 2.05) is 41.8 Å². The second-order valence-corrected chi connectivity index (χ2v) is 10.7. The lowest BCUT2D eigenvalue weighted by molar-refractivity contribution is -0.116. The minimum absolute atomic E-state index is 0.0833. The molecule has 9 heteroatoms. The smallest absolute Gasteiger partial charge is 0.241 e. The topological polar surface area (TPSA) is 88.2 Å². The summed E-state index contributed by atoms with van der Waals surface area (Å²) in [7, 11) is -3.84. The molecule has 0 saturated heterocycles. The molecule has 0 aliphatic heterocycles. The van der Waals surface area contributed by atoms with E-state index in [1.165, 1.54) is 23.5 Å². The molecule has 1 atom stereocenters. The van der Waals surface area contributed by atoms with Crippen LogP contribution < -0.4 is 10.0 Å². The van der Waals surface area contributed by atoms with Crippen molar-refractivity contribution >= 4 is 48.3 Å². The van der Waals surface area contributed by atoms with E-state index >= 15 is 0 Å². The van der Waals surface area contributed by atoms with E-state index in [0.29, 0.717) is 10.7 Å². The fraction of sp³-hybridized carbons (Fsp3) is 0.0833. The van der Waals surface area contributed by atoms with Crippen LogP contribution in [0.5, 0.6) is 0 Å². The monoisotopic (exact) mass is 541 g/mol. The number of rotatable bonds is 8. The molecule has 33 heavy (non-hydrogen) atoms. The summed E-state index contributed by atoms with van der Waals surface area (Å²) in [5, 5.41) is 5.12. The number of hydrogen-bond donors (Lipinski definition) is 2. The van der Waals surface area contributed by atoms with E-state index in [4.69, 9.17) is 0 Å². The van der Waals surface area contributed by atoms with Crippen molar-refractivity contribution in [3.8, 4) is 11.3 Å². The highest BCUT2D eigenvalue weighted by atomic mass is 79.9. The number of sulfonamides is 1. The van der Waals surface area contributed by atoms with Crippen molar-refractivity contribution in [2.75, 3.05) is 5.32 Å². The summed E-state index contributed by atoms with van der Waals surface area (Å²) in [4.78, 5) is 17.4. The summed E-state index contributed by atoms with van der Waals surface area (Å²) in [5.41, 5.74) is 2.42. The van der Waals surface area contributed by atoms with Crippen LogP contribution in [0.2, 0.25) is 0 Å². The predicted octanol–water partition coefficient (Wildman–Crippen LogP) is 5.62. The third kappa shape index (κ3) is 6.14. The summed E-state index contributed by atoms with van der Waals surface area (Å²) >= 11 is 4.63. The number of hydrogen-bond acceptors (Lipinski definition) is 5. The minimum atomic E-state index is -3.84. The first-order chi connectivity index (χ1) is 15.9. The lowest BCUT2D eigenvalue weighted by Crippen LogP contribution is -2.31. The van der Waals surface area contributed by atoms with Gasteiger partial charge in [0, 0.05) is 21.8 Å². The summed E-state index contributed by atoms with van der Waals surface area (Å²) in [6, 6.07) is 24.3. The predicted molar refractivity (Wildman–Crippen MR) is 134 cm³/mol. The van der Waals surface area contributed by atoms with Crippen molar-refractivity contribution in [3.05, 3.63) is 100 Å². The number of carbonyl (C=O) groups excluding carboxylic acids is 1. The Balaban J connectivity index is 1.51. The largest absolute Gasteiger partial charge is 0.302 e. The number of amides is 1. The minimum Gasteiger partial charge on any atom is -0.302 e. The molecule has 4 aromatic rings. The molecule has 0 spiro atoms. The molecule has 168 valence electrons. The third-order valence-electron chi connectivity index (χ3n) is 4.83. The van der Waals surface area contributed by atoms with Gasteiger partial charge in [-0.2, -0.15) is 0 Å². The average Bonchev–Trinajstić information content (AvgIpc) is 3.28. The lowest BCUT2D eigenvalue weighted by atomic mass is 10.0. The van der Waals surface area contributed by atoms with Crippen LogP contribution in [0.15, 0.2) is 99.7 Å². The van der Waals surface area contributed by atoms with Gasteiger partial charge in [-0.1, -0.05) is 76.6 Å². The number of thiazole rings is 1. The van der Waals surface area contributed by atoms with Gasteiger partial charge in [-0.05, 0) is 29.8 Å². The fourth-order valence-electron chi connectivity index (χ4n) is 3.21. The molecule has 0 saturated carbocycles. The number of benzene rings is 3. The molecule has 1 amide bonds. The van der Waals surface area contributed by atoms with Crippen molar-refractivity contribution in [1.29, 1.82) is 0 Å². The number of halogens is 1. The van der Waals surface area contributed by atoms with Crippen LogP contribution in [0.3, 0.4) is 0 Å². The Morgan fingerprint density at radius 2 is 1.58 bits per heavy atom. The third-order valence-corrected chi connectivity index (χ3v) is 7.61. The zero-order chi connectivity index (χ0) is 23.3. The van der Waals surface area contributed by atoms with E-state index < -0.39 is 16.1 Å². The normalized spacial score (nSPS) is 12.3. The van der Waals surface area contributed by atoms with E-state index in [-0.39, 0.29) is 17.2 Å². The van der Waals surface area contributed by atoms with Crippen LogP contribution in [0.1, 0.15) is 18.0 Å². The van der Waals surface area contributed by atoms with Crippen LogP contribution in [-0.4, -0.2) is 19.3 Å². The maximum Gasteiger partial charge on any atom is 0.241 e. The quantitative estimate of drug-likeness (QED) is 0.303. The highest BCUT2D eigenvalue weighted by Crippen LogP contribution is 2.26. The SMILES string of the molecule is O=C(CC(NS(=O)(=O)c1ccc(Br)cc1)c1ccccc1)Nc1nc(-c2ccccc2)cs1. The fourth-order valence-corrected chi connectivity index (χ4v) is 5.43. The van der Waals surface area contributed by atoms with Gasteiger partial charge in [-0.15, -0.1) is 11.3 Å². The molecule has 2 N–H and O–H groups in total. The first kappa shape index (κ1) is 23.3. The molecule has 3 aromatic carbocycles. The van der Waals surface area contributed by atoms with Gasteiger partial charge in [-0.3, -0.25) is 4.79 Å². The molecular weight excluding hydrogens is 522 g/mol. The van der Waals surface area contributed by atoms with Crippen molar-refractivity contribution in [2.45, 2.75) is 17.4 Å². The second-order valence-electron chi connectivity index (χ2n) is 7.19. The van der Waals surface area contributed by atoms with Crippen molar-refractivity contribution < 1.29 is 13.2 Å². The average molecular weight is 542 g/mol. The Kier molecular flexibility index (Phi) is 7.34. The first-order valence-electron chi connectivity index (χ1n) is 10.0. The second kappa shape index (κ2) is 10.4. The van der Waals surface area contributed by atoms with Crippen molar-refractivity contribution in [2.24, 2.45) is 0 Å². The van der Waals surface area contributed by atoms with Gasteiger partial charge in [0.15, 0.2) is 5.13 Å². The van der Waals surface area contributed by atoms with E-state index in [9.17, 15) is 13.2 Å². The highest BCUT2D eigenvalue weighted by molar-refractivity contribution is 9.10. The van der Waals surface area contributed by atoms with Gasteiger partial charge in [0.2, 0.25) is 15.9 Å². The highest BCUT2D eigenvalue weighted by Gasteiger charge is 2.24.